The summed E-state index contributed by atoms with van der Waals surface area (Å²) >= 11 is 0. The van der Waals surface area contributed by atoms with Crippen molar-refractivity contribution < 1.29 is 23.9 Å². The highest BCUT2D eigenvalue weighted by Crippen LogP contribution is 2.23. The molecule has 30 heavy (non-hydrogen) atoms. The molecule has 1 aliphatic rings. The van der Waals surface area contributed by atoms with Gasteiger partial charge in [0.05, 0.1) is 24.8 Å². The number of methoxy groups -OCH3 is 1. The minimum atomic E-state index is -0.575. The molecule has 1 fully saturated rings. The molecule has 8 nitrogen and oxygen atoms in total. The smallest absolute Gasteiger partial charge is 0.339 e. The number of ether oxygens (including phenoxy) is 1. The zero-order valence-electron chi connectivity index (χ0n) is 18.8. The highest BCUT2D eigenvalue weighted by molar-refractivity contribution is 6.01. The number of Topliss-reactive ketones (excluding diaryl/α,β-unsaturated/α-hetero) is 1. The van der Waals surface area contributed by atoms with Crippen LogP contribution >= 0.6 is 0 Å². The zero-order valence-corrected chi connectivity index (χ0v) is 18.8. The Balaban J connectivity index is 2.03. The van der Waals surface area contributed by atoms with Crippen LogP contribution in [-0.2, 0) is 20.7 Å². The number of aromatic amines is 1. The molecule has 1 atom stereocenters. The van der Waals surface area contributed by atoms with Crippen LogP contribution in [0.3, 0.4) is 0 Å². The second-order valence-corrected chi connectivity index (χ2v) is 8.40. The summed E-state index contributed by atoms with van der Waals surface area (Å²) in [6.45, 7) is 10.2. The molecule has 1 saturated heterocycles. The molecule has 1 aromatic heterocycles. The van der Waals surface area contributed by atoms with Crippen LogP contribution in [0.15, 0.2) is 0 Å². The number of likely N-dealkylation sites (tertiary alicyclic amines) is 1. The molecule has 0 aliphatic carbocycles. The number of carbonyl (C=O) groups excluding carboxylic acids is 4. The summed E-state index contributed by atoms with van der Waals surface area (Å²) in [6.07, 6.45) is 1.18. The van der Waals surface area contributed by atoms with Crippen molar-refractivity contribution in [2.24, 2.45) is 11.8 Å². The van der Waals surface area contributed by atoms with Crippen molar-refractivity contribution in [2.75, 3.05) is 20.2 Å². The third kappa shape index (κ3) is 5.29. The summed E-state index contributed by atoms with van der Waals surface area (Å²) in [5.74, 6) is -0.623. The van der Waals surface area contributed by atoms with Crippen LogP contribution in [0.5, 0.6) is 0 Å². The Hall–Kier alpha value is -2.64. The van der Waals surface area contributed by atoms with Gasteiger partial charge in [0.1, 0.15) is 0 Å². The van der Waals surface area contributed by atoms with E-state index in [-0.39, 0.29) is 41.5 Å². The number of nitrogens with zero attached hydrogens (tertiary/aromatic N) is 1. The van der Waals surface area contributed by atoms with Crippen LogP contribution in [0.4, 0.5) is 0 Å². The van der Waals surface area contributed by atoms with Crippen molar-refractivity contribution in [3.05, 3.63) is 22.5 Å². The van der Waals surface area contributed by atoms with Gasteiger partial charge in [-0.1, -0.05) is 13.8 Å². The Labute approximate surface area is 177 Å². The number of nitrogens with one attached hydrogen (secondary N) is 2. The van der Waals surface area contributed by atoms with Crippen LogP contribution in [0, 0.1) is 18.8 Å². The first-order chi connectivity index (χ1) is 14.1. The van der Waals surface area contributed by atoms with E-state index in [0.29, 0.717) is 48.8 Å². The molecule has 2 heterocycles. The molecule has 0 saturated carbocycles. The average molecular weight is 420 g/mol. The van der Waals surface area contributed by atoms with Crippen LogP contribution in [0.2, 0.25) is 0 Å². The van der Waals surface area contributed by atoms with Gasteiger partial charge >= 0.3 is 5.97 Å². The van der Waals surface area contributed by atoms with Crippen molar-refractivity contribution in [3.63, 3.8) is 0 Å². The molecule has 2 rings (SSSR count). The SMILES string of the molecule is COC(=O)c1c(CC(=O)N2CCC(C(=O)NC(C)C(C)C)CC2)[nH]c(C(C)=O)c1C. The number of esters is 1. The van der Waals surface area contributed by atoms with Gasteiger partial charge in [0.15, 0.2) is 5.78 Å². The normalized spacial score (nSPS) is 15.8. The fourth-order valence-electron chi connectivity index (χ4n) is 3.68. The highest BCUT2D eigenvalue weighted by Gasteiger charge is 2.30. The minimum absolute atomic E-state index is 0.0280. The Morgan fingerprint density at radius 2 is 1.77 bits per heavy atom. The largest absolute Gasteiger partial charge is 0.465 e. The highest BCUT2D eigenvalue weighted by atomic mass is 16.5. The number of piperidine rings is 1. The summed E-state index contributed by atoms with van der Waals surface area (Å²) in [4.78, 5) is 53.9. The first-order valence-corrected chi connectivity index (χ1v) is 10.5. The minimum Gasteiger partial charge on any atom is -0.465 e. The summed E-state index contributed by atoms with van der Waals surface area (Å²) in [7, 11) is 1.27. The Morgan fingerprint density at radius 3 is 2.27 bits per heavy atom. The molecule has 8 heteroatoms. The van der Waals surface area contributed by atoms with E-state index in [2.05, 4.69) is 24.1 Å². The zero-order chi connectivity index (χ0) is 22.6. The van der Waals surface area contributed by atoms with Gasteiger partial charge in [0.25, 0.3) is 0 Å². The monoisotopic (exact) mass is 419 g/mol. The van der Waals surface area contributed by atoms with Crippen molar-refractivity contribution >= 4 is 23.6 Å². The lowest BCUT2D eigenvalue weighted by atomic mass is 9.94. The molecule has 1 aliphatic heterocycles. The van der Waals surface area contributed by atoms with E-state index in [0.717, 1.165) is 0 Å². The van der Waals surface area contributed by atoms with Crippen molar-refractivity contribution in [1.82, 2.24) is 15.2 Å². The standard InChI is InChI=1S/C22H33N3O5/c1-12(2)14(4)23-21(28)16-7-9-25(10-8-16)18(27)11-17-19(22(29)30-6)13(3)20(24-17)15(5)26/h12,14,16,24H,7-11H2,1-6H3,(H,23,28). The number of rotatable bonds is 7. The van der Waals surface area contributed by atoms with E-state index in [4.69, 9.17) is 4.74 Å². The molecule has 1 aromatic rings. The van der Waals surface area contributed by atoms with Gasteiger partial charge in [0.2, 0.25) is 11.8 Å². The first-order valence-electron chi connectivity index (χ1n) is 10.5. The van der Waals surface area contributed by atoms with Crippen LogP contribution in [-0.4, -0.2) is 59.7 Å². The summed E-state index contributed by atoms with van der Waals surface area (Å²) in [6, 6.07) is 0.112. The number of aromatic nitrogens is 1. The Morgan fingerprint density at radius 1 is 1.17 bits per heavy atom. The fourth-order valence-corrected chi connectivity index (χ4v) is 3.68. The van der Waals surface area contributed by atoms with E-state index in [1.807, 2.05) is 6.92 Å². The van der Waals surface area contributed by atoms with Gasteiger partial charge in [-0.25, -0.2) is 4.79 Å². The Kier molecular flexibility index (Phi) is 7.81. The number of ketones is 1. The van der Waals surface area contributed by atoms with Gasteiger partial charge in [-0.2, -0.15) is 0 Å². The van der Waals surface area contributed by atoms with Gasteiger partial charge < -0.3 is 19.9 Å². The Bertz CT molecular complexity index is 819. The second kappa shape index (κ2) is 9.91. The molecule has 2 N–H and O–H groups in total. The average Bonchev–Trinajstić information content (AvgIpc) is 3.03. The van der Waals surface area contributed by atoms with E-state index >= 15 is 0 Å². The van der Waals surface area contributed by atoms with E-state index < -0.39 is 5.97 Å². The number of carbonyl (C=O) groups is 4. The molecule has 2 amide bonds. The lowest BCUT2D eigenvalue weighted by Crippen LogP contribution is -2.46. The van der Waals surface area contributed by atoms with E-state index in [9.17, 15) is 19.2 Å². The van der Waals surface area contributed by atoms with Crippen LogP contribution < -0.4 is 5.32 Å². The maximum absolute atomic E-state index is 12.8. The predicted molar refractivity (Wildman–Crippen MR) is 112 cm³/mol. The van der Waals surface area contributed by atoms with Gasteiger partial charge in [-0.15, -0.1) is 0 Å². The van der Waals surface area contributed by atoms with Gasteiger partial charge in [-0.05, 0) is 38.2 Å². The lowest BCUT2D eigenvalue weighted by molar-refractivity contribution is -0.135. The van der Waals surface area contributed by atoms with Crippen molar-refractivity contribution in [1.29, 1.82) is 0 Å². The molecular formula is C22H33N3O5. The number of hydrogen-bond acceptors (Lipinski definition) is 5. The molecule has 0 bridgehead atoms. The first kappa shape index (κ1) is 23.6. The fraction of sp³-hybridized carbons (Fsp3) is 0.636. The van der Waals surface area contributed by atoms with Gasteiger partial charge in [0, 0.05) is 37.7 Å². The third-order valence-corrected chi connectivity index (χ3v) is 5.99. The van der Waals surface area contributed by atoms with Crippen LogP contribution in [0.1, 0.15) is 72.6 Å². The molecule has 166 valence electrons. The quantitative estimate of drug-likeness (QED) is 0.520. The predicted octanol–water partition coefficient (Wildman–Crippen LogP) is 2.25. The maximum Gasteiger partial charge on any atom is 0.339 e. The molecule has 1 unspecified atom stereocenters. The number of amides is 2. The van der Waals surface area contributed by atoms with Gasteiger partial charge in [-0.3, -0.25) is 14.4 Å². The molecule has 0 radical (unpaired) electrons. The molecule has 0 aromatic carbocycles. The van der Waals surface area contributed by atoms with Crippen LogP contribution in [0.25, 0.3) is 0 Å². The summed E-state index contributed by atoms with van der Waals surface area (Å²) in [5, 5.41) is 3.05. The summed E-state index contributed by atoms with van der Waals surface area (Å²) < 4.78 is 4.83. The topological polar surface area (TPSA) is 109 Å². The number of H-pyrrole nitrogens is 1. The molecular weight excluding hydrogens is 386 g/mol. The number of hydrogen-bond donors (Lipinski definition) is 2. The third-order valence-electron chi connectivity index (χ3n) is 5.99. The molecule has 0 spiro atoms. The lowest BCUT2D eigenvalue weighted by Gasteiger charge is -2.32. The van der Waals surface area contributed by atoms with E-state index in [1.54, 1.807) is 11.8 Å². The van der Waals surface area contributed by atoms with Crippen molar-refractivity contribution in [3.8, 4) is 0 Å². The van der Waals surface area contributed by atoms with E-state index in [1.165, 1.54) is 14.0 Å². The summed E-state index contributed by atoms with van der Waals surface area (Å²) in [5.41, 5.74) is 1.44. The maximum atomic E-state index is 12.8. The van der Waals surface area contributed by atoms with Crippen molar-refractivity contribution in [2.45, 2.75) is 59.9 Å². The second-order valence-electron chi connectivity index (χ2n) is 8.40.